The van der Waals surface area contributed by atoms with Crippen LogP contribution in [0.15, 0.2) is 30.5 Å². The summed E-state index contributed by atoms with van der Waals surface area (Å²) in [6.07, 6.45) is 5.15. The topological polar surface area (TPSA) is 70.2 Å². The van der Waals surface area contributed by atoms with Crippen LogP contribution >= 0.6 is 0 Å². The summed E-state index contributed by atoms with van der Waals surface area (Å²) < 4.78 is 26.0. The van der Waals surface area contributed by atoms with Crippen molar-refractivity contribution in [1.82, 2.24) is 15.3 Å². The summed E-state index contributed by atoms with van der Waals surface area (Å²) in [6, 6.07) is 4.38. The molecule has 6 nitrogen and oxygen atoms in total. The van der Waals surface area contributed by atoms with Crippen molar-refractivity contribution in [3.63, 3.8) is 0 Å². The summed E-state index contributed by atoms with van der Waals surface area (Å²) >= 11 is 0. The lowest BCUT2D eigenvalue weighted by Gasteiger charge is -2.26. The second-order valence-corrected chi connectivity index (χ2v) is 5.83. The molecule has 0 saturated carbocycles. The van der Waals surface area contributed by atoms with Crippen molar-refractivity contribution in [1.29, 1.82) is 0 Å². The van der Waals surface area contributed by atoms with E-state index >= 15 is 0 Å². The largest absolute Gasteiger partial charge is 0.341 e. The highest BCUT2D eigenvalue weighted by molar-refractivity contribution is 5.89. The molecule has 3 rings (SSSR count). The fraction of sp³-hybridized carbons (Fsp3) is 0.353. The number of carbonyl (C=O) groups excluding carboxylic acids is 1. The second kappa shape index (κ2) is 7.87. The summed E-state index contributed by atoms with van der Waals surface area (Å²) in [7, 11) is 0. The summed E-state index contributed by atoms with van der Waals surface area (Å²) in [6.45, 7) is 2.08. The third-order valence-corrected chi connectivity index (χ3v) is 3.95. The van der Waals surface area contributed by atoms with E-state index in [2.05, 4.69) is 25.5 Å². The van der Waals surface area contributed by atoms with Gasteiger partial charge in [0.15, 0.2) is 11.6 Å². The van der Waals surface area contributed by atoms with Crippen LogP contribution in [-0.2, 0) is 6.54 Å². The first-order valence-corrected chi connectivity index (χ1v) is 8.18. The molecule has 0 atom stereocenters. The first kappa shape index (κ1) is 17.1. The van der Waals surface area contributed by atoms with E-state index in [1.165, 1.54) is 12.5 Å². The van der Waals surface area contributed by atoms with Gasteiger partial charge in [-0.1, -0.05) is 0 Å². The van der Waals surface area contributed by atoms with Gasteiger partial charge in [-0.05, 0) is 37.5 Å². The minimum Gasteiger partial charge on any atom is -0.341 e. The molecular weight excluding hydrogens is 328 g/mol. The Morgan fingerprint density at radius 2 is 1.92 bits per heavy atom. The molecule has 132 valence electrons. The van der Waals surface area contributed by atoms with E-state index in [1.54, 1.807) is 12.3 Å². The van der Waals surface area contributed by atoms with Crippen LogP contribution in [0.1, 0.15) is 25.0 Å². The molecule has 2 amide bonds. The minimum absolute atomic E-state index is 0.174. The van der Waals surface area contributed by atoms with Gasteiger partial charge in [0, 0.05) is 31.0 Å². The Hall–Kier alpha value is -2.77. The van der Waals surface area contributed by atoms with Crippen LogP contribution in [0.5, 0.6) is 0 Å². The quantitative estimate of drug-likeness (QED) is 0.892. The number of rotatable bonds is 4. The van der Waals surface area contributed by atoms with Gasteiger partial charge in [-0.25, -0.2) is 23.5 Å². The molecule has 0 unspecified atom stereocenters. The van der Waals surface area contributed by atoms with Crippen LogP contribution in [0.4, 0.5) is 25.2 Å². The Bertz CT molecular complexity index is 750. The number of hydrogen-bond donors (Lipinski definition) is 2. The maximum Gasteiger partial charge on any atom is 0.319 e. The fourth-order valence-corrected chi connectivity index (χ4v) is 2.65. The Morgan fingerprint density at radius 3 is 2.68 bits per heavy atom. The molecule has 2 N–H and O–H groups in total. The molecule has 1 aliphatic heterocycles. The first-order valence-electron chi connectivity index (χ1n) is 8.18. The third-order valence-electron chi connectivity index (χ3n) is 3.95. The molecule has 2 heterocycles. The third kappa shape index (κ3) is 4.62. The van der Waals surface area contributed by atoms with Crippen LogP contribution in [0.3, 0.4) is 0 Å². The summed E-state index contributed by atoms with van der Waals surface area (Å²) in [5.41, 5.74) is 0.851. The Labute approximate surface area is 144 Å². The average Bonchev–Trinajstić information content (AvgIpc) is 2.64. The van der Waals surface area contributed by atoms with Crippen LogP contribution in [-0.4, -0.2) is 29.1 Å². The fourth-order valence-electron chi connectivity index (χ4n) is 2.65. The molecular formula is C17H19F2N5O. The lowest BCUT2D eigenvalue weighted by atomic mass is 10.1. The number of nitrogens with zero attached hydrogens (tertiary/aromatic N) is 3. The number of piperidine rings is 1. The standard InChI is InChI=1S/C17H19F2N5O/c18-14-5-4-12(10-15(14)19)23-17(25)21-11-13-6-7-20-16(22-13)24-8-2-1-3-9-24/h4-7,10H,1-3,8-9,11H2,(H2,21,23,25). The Kier molecular flexibility index (Phi) is 5.37. The van der Waals surface area contributed by atoms with Gasteiger partial charge in [-0.3, -0.25) is 0 Å². The number of nitrogens with one attached hydrogen (secondary N) is 2. The molecule has 8 heteroatoms. The zero-order valence-electron chi connectivity index (χ0n) is 13.6. The molecule has 1 aliphatic rings. The van der Waals surface area contributed by atoms with Gasteiger partial charge < -0.3 is 15.5 Å². The van der Waals surface area contributed by atoms with Gasteiger partial charge in [0.25, 0.3) is 0 Å². The van der Waals surface area contributed by atoms with Gasteiger partial charge in [-0.15, -0.1) is 0 Å². The minimum atomic E-state index is -1.01. The van der Waals surface area contributed by atoms with E-state index in [9.17, 15) is 13.6 Å². The number of carbonyl (C=O) groups is 1. The highest BCUT2D eigenvalue weighted by Gasteiger charge is 2.14. The van der Waals surface area contributed by atoms with E-state index in [4.69, 9.17) is 0 Å². The number of aromatic nitrogens is 2. The molecule has 1 fully saturated rings. The van der Waals surface area contributed by atoms with E-state index in [0.717, 1.165) is 38.1 Å². The van der Waals surface area contributed by atoms with Gasteiger partial charge in [0.05, 0.1) is 12.2 Å². The molecule has 0 aliphatic carbocycles. The van der Waals surface area contributed by atoms with E-state index in [1.807, 2.05) is 0 Å². The predicted octanol–water partition coefficient (Wildman–Crippen LogP) is 3.07. The van der Waals surface area contributed by atoms with Crippen molar-refractivity contribution in [3.8, 4) is 0 Å². The molecule has 0 bridgehead atoms. The monoisotopic (exact) mass is 347 g/mol. The van der Waals surface area contributed by atoms with Crippen molar-refractivity contribution >= 4 is 17.7 Å². The number of hydrogen-bond acceptors (Lipinski definition) is 4. The SMILES string of the molecule is O=C(NCc1ccnc(N2CCCCC2)n1)Nc1ccc(F)c(F)c1. The van der Waals surface area contributed by atoms with Crippen LogP contribution in [0.25, 0.3) is 0 Å². The first-order chi connectivity index (χ1) is 12.1. The van der Waals surface area contributed by atoms with Crippen LogP contribution in [0.2, 0.25) is 0 Å². The summed E-state index contributed by atoms with van der Waals surface area (Å²) in [5, 5.41) is 5.08. The Balaban J connectivity index is 1.55. The van der Waals surface area contributed by atoms with Gasteiger partial charge in [0.2, 0.25) is 5.95 Å². The zero-order valence-corrected chi connectivity index (χ0v) is 13.6. The van der Waals surface area contributed by atoms with Gasteiger partial charge >= 0.3 is 6.03 Å². The number of urea groups is 1. The number of halogens is 2. The van der Waals surface area contributed by atoms with E-state index in [0.29, 0.717) is 11.6 Å². The van der Waals surface area contributed by atoms with Crippen LogP contribution in [0, 0.1) is 11.6 Å². The van der Waals surface area contributed by atoms with Gasteiger partial charge in [0.1, 0.15) is 0 Å². The maximum absolute atomic E-state index is 13.1. The normalized spacial score (nSPS) is 14.2. The van der Waals surface area contributed by atoms with Crippen molar-refractivity contribution in [3.05, 3.63) is 47.8 Å². The molecule has 25 heavy (non-hydrogen) atoms. The highest BCUT2D eigenvalue weighted by atomic mass is 19.2. The lowest BCUT2D eigenvalue weighted by molar-refractivity contribution is 0.251. The smallest absolute Gasteiger partial charge is 0.319 e. The molecule has 0 radical (unpaired) electrons. The van der Waals surface area contributed by atoms with Crippen molar-refractivity contribution < 1.29 is 13.6 Å². The lowest BCUT2D eigenvalue weighted by Crippen LogP contribution is -2.32. The number of amides is 2. The van der Waals surface area contributed by atoms with Crippen molar-refractivity contribution in [2.75, 3.05) is 23.3 Å². The van der Waals surface area contributed by atoms with Gasteiger partial charge in [-0.2, -0.15) is 0 Å². The number of anilines is 2. The molecule has 2 aromatic rings. The van der Waals surface area contributed by atoms with Crippen molar-refractivity contribution in [2.45, 2.75) is 25.8 Å². The zero-order chi connectivity index (χ0) is 17.6. The second-order valence-electron chi connectivity index (χ2n) is 5.83. The summed E-state index contributed by atoms with van der Waals surface area (Å²) in [5.74, 6) is -1.31. The maximum atomic E-state index is 13.1. The molecule has 1 aromatic heterocycles. The van der Waals surface area contributed by atoms with Crippen LogP contribution < -0.4 is 15.5 Å². The van der Waals surface area contributed by atoms with Crippen molar-refractivity contribution in [2.24, 2.45) is 0 Å². The molecule has 1 aromatic carbocycles. The highest BCUT2D eigenvalue weighted by Crippen LogP contribution is 2.15. The average molecular weight is 347 g/mol. The molecule has 0 spiro atoms. The van der Waals surface area contributed by atoms with E-state index < -0.39 is 17.7 Å². The predicted molar refractivity (Wildman–Crippen MR) is 90.3 cm³/mol. The van der Waals surface area contributed by atoms with E-state index in [-0.39, 0.29) is 12.2 Å². The molecule has 1 saturated heterocycles. The number of benzene rings is 1. The summed E-state index contributed by atoms with van der Waals surface area (Å²) in [4.78, 5) is 22.8. The Morgan fingerprint density at radius 1 is 1.12 bits per heavy atom.